The predicted molar refractivity (Wildman–Crippen MR) is 133 cm³/mol. The highest BCUT2D eigenvalue weighted by molar-refractivity contribution is 14.0. The molecule has 1 aliphatic rings. The molecule has 0 amide bonds. The normalized spacial score (nSPS) is 15.3. The van der Waals surface area contributed by atoms with Crippen molar-refractivity contribution in [3.8, 4) is 0 Å². The lowest BCUT2D eigenvalue weighted by Crippen LogP contribution is -2.45. The first-order chi connectivity index (χ1) is 13.7. The number of thiophene rings is 1. The van der Waals surface area contributed by atoms with Crippen LogP contribution in [-0.2, 0) is 25.9 Å². The third-order valence-corrected chi connectivity index (χ3v) is 6.20. The van der Waals surface area contributed by atoms with Crippen LogP contribution in [0.3, 0.4) is 0 Å². The molecule has 0 aliphatic carbocycles. The standard InChI is InChI=1S/C22H32N4OS.HI/c1-3-20-9-10-21(28-20)14-25-22(23-4-2)24-13-19(27)16-26-12-11-17-7-5-6-8-18(17)15-26;/h5-10,19,27H,3-4,11-16H2,1-2H3,(H2,23,24,25);1H. The molecule has 1 unspecified atom stereocenters. The zero-order valence-electron chi connectivity index (χ0n) is 17.4. The van der Waals surface area contributed by atoms with E-state index in [1.807, 2.05) is 11.3 Å². The van der Waals surface area contributed by atoms with E-state index in [2.05, 4.69) is 70.8 Å². The number of nitrogens with one attached hydrogen (secondary N) is 2. The molecule has 5 nitrogen and oxygen atoms in total. The summed E-state index contributed by atoms with van der Waals surface area (Å²) in [4.78, 5) is 9.65. The summed E-state index contributed by atoms with van der Waals surface area (Å²) in [5.41, 5.74) is 2.82. The van der Waals surface area contributed by atoms with E-state index >= 15 is 0 Å². The third kappa shape index (κ3) is 7.55. The molecule has 1 atom stereocenters. The van der Waals surface area contributed by atoms with E-state index in [0.717, 1.165) is 38.4 Å². The lowest BCUT2D eigenvalue weighted by atomic mass is 10.00. The van der Waals surface area contributed by atoms with E-state index in [1.165, 1.54) is 20.9 Å². The molecule has 2 heterocycles. The zero-order chi connectivity index (χ0) is 19.8. The molecule has 1 aliphatic heterocycles. The van der Waals surface area contributed by atoms with Gasteiger partial charge in [-0.3, -0.25) is 4.90 Å². The van der Waals surface area contributed by atoms with Gasteiger partial charge in [0.15, 0.2) is 5.96 Å². The number of hydrogen-bond donors (Lipinski definition) is 3. The molecule has 29 heavy (non-hydrogen) atoms. The number of aryl methyl sites for hydroxylation is 1. The van der Waals surface area contributed by atoms with E-state index in [-0.39, 0.29) is 24.0 Å². The molecule has 3 N–H and O–H groups in total. The summed E-state index contributed by atoms with van der Waals surface area (Å²) in [6.07, 6.45) is 1.70. The Balaban J connectivity index is 0.00000300. The number of hydrogen-bond acceptors (Lipinski definition) is 4. The maximum atomic E-state index is 10.5. The molecule has 7 heteroatoms. The second kappa shape index (κ2) is 12.5. The van der Waals surface area contributed by atoms with Crippen molar-refractivity contribution >= 4 is 41.3 Å². The largest absolute Gasteiger partial charge is 0.390 e. The molecule has 0 saturated heterocycles. The number of β-amino-alcohol motifs (C(OH)–C–C–N with tert-alkyl or cyclic N) is 1. The van der Waals surface area contributed by atoms with Gasteiger partial charge in [-0.15, -0.1) is 35.3 Å². The fourth-order valence-corrected chi connectivity index (χ4v) is 4.37. The SMILES string of the molecule is CCNC(=NCc1ccc(CC)s1)NCC(O)CN1CCc2ccccc2C1.I. The average Bonchev–Trinajstić information content (AvgIpc) is 3.18. The summed E-state index contributed by atoms with van der Waals surface area (Å²) >= 11 is 1.82. The Kier molecular flexibility index (Phi) is 10.4. The molecular formula is C22H33IN4OS. The summed E-state index contributed by atoms with van der Waals surface area (Å²) in [5.74, 6) is 0.761. The van der Waals surface area contributed by atoms with Gasteiger partial charge < -0.3 is 15.7 Å². The van der Waals surface area contributed by atoms with Gasteiger partial charge in [-0.25, -0.2) is 4.99 Å². The van der Waals surface area contributed by atoms with Crippen LogP contribution in [0, 0.1) is 0 Å². The Bertz CT molecular complexity index is 780. The summed E-state index contributed by atoms with van der Waals surface area (Å²) in [6.45, 7) is 8.78. The van der Waals surface area contributed by atoms with E-state index in [9.17, 15) is 5.11 Å². The second-order valence-corrected chi connectivity index (χ2v) is 8.46. The number of rotatable bonds is 8. The molecule has 0 fully saturated rings. The van der Waals surface area contributed by atoms with Crippen molar-refractivity contribution in [1.82, 2.24) is 15.5 Å². The molecule has 160 valence electrons. The Hall–Kier alpha value is -1.16. The van der Waals surface area contributed by atoms with Crippen molar-refractivity contribution < 1.29 is 5.11 Å². The molecule has 0 radical (unpaired) electrons. The van der Waals surface area contributed by atoms with Crippen molar-refractivity contribution in [3.05, 3.63) is 57.3 Å². The quantitative estimate of drug-likeness (QED) is 0.279. The van der Waals surface area contributed by atoms with Crippen molar-refractivity contribution in [1.29, 1.82) is 0 Å². The highest BCUT2D eigenvalue weighted by Crippen LogP contribution is 2.19. The lowest BCUT2D eigenvalue weighted by Gasteiger charge is -2.30. The number of aliphatic hydroxyl groups is 1. The molecule has 2 aromatic rings. The van der Waals surface area contributed by atoms with Gasteiger partial charge >= 0.3 is 0 Å². The van der Waals surface area contributed by atoms with E-state index in [0.29, 0.717) is 19.6 Å². The van der Waals surface area contributed by atoms with Crippen LogP contribution in [0.2, 0.25) is 0 Å². The topological polar surface area (TPSA) is 59.9 Å². The summed E-state index contributed by atoms with van der Waals surface area (Å²) < 4.78 is 0. The molecular weight excluding hydrogens is 495 g/mol. The minimum absolute atomic E-state index is 0. The van der Waals surface area contributed by atoms with Crippen molar-refractivity contribution in [3.63, 3.8) is 0 Å². The number of aliphatic imine (C=N–C) groups is 1. The summed E-state index contributed by atoms with van der Waals surface area (Å²) in [5, 5.41) is 17.1. The third-order valence-electron chi connectivity index (χ3n) is 4.99. The minimum Gasteiger partial charge on any atom is -0.390 e. The van der Waals surface area contributed by atoms with Gasteiger partial charge in [0.2, 0.25) is 0 Å². The molecule has 0 bridgehead atoms. The number of fused-ring (bicyclic) bond motifs is 1. The van der Waals surface area contributed by atoms with Crippen LogP contribution in [0.4, 0.5) is 0 Å². The number of nitrogens with zero attached hydrogens (tertiary/aromatic N) is 2. The molecule has 1 aromatic heterocycles. The van der Waals surface area contributed by atoms with Crippen LogP contribution in [0.5, 0.6) is 0 Å². The Morgan fingerprint density at radius 1 is 1.14 bits per heavy atom. The van der Waals surface area contributed by atoms with E-state index in [4.69, 9.17) is 0 Å². The van der Waals surface area contributed by atoms with E-state index < -0.39 is 6.10 Å². The van der Waals surface area contributed by atoms with Gasteiger partial charge in [-0.1, -0.05) is 31.2 Å². The van der Waals surface area contributed by atoms with Gasteiger partial charge in [-0.2, -0.15) is 0 Å². The van der Waals surface area contributed by atoms with E-state index in [1.54, 1.807) is 0 Å². The maximum Gasteiger partial charge on any atom is 0.191 e. The molecule has 1 aromatic carbocycles. The van der Waals surface area contributed by atoms with Gasteiger partial charge in [0.1, 0.15) is 0 Å². The van der Waals surface area contributed by atoms with Gasteiger partial charge in [0, 0.05) is 42.5 Å². The first-order valence-electron chi connectivity index (χ1n) is 10.2. The smallest absolute Gasteiger partial charge is 0.191 e. The highest BCUT2D eigenvalue weighted by Gasteiger charge is 2.18. The summed E-state index contributed by atoms with van der Waals surface area (Å²) in [6, 6.07) is 12.9. The van der Waals surface area contributed by atoms with Crippen molar-refractivity contribution in [2.75, 3.05) is 26.2 Å². The van der Waals surface area contributed by atoms with Crippen LogP contribution < -0.4 is 10.6 Å². The first kappa shape index (κ1) is 24.1. The Morgan fingerprint density at radius 2 is 1.90 bits per heavy atom. The maximum absolute atomic E-state index is 10.5. The predicted octanol–water partition coefficient (Wildman–Crippen LogP) is 3.40. The second-order valence-electron chi connectivity index (χ2n) is 7.21. The van der Waals surface area contributed by atoms with Crippen LogP contribution >= 0.6 is 35.3 Å². The average molecular weight is 529 g/mol. The van der Waals surface area contributed by atoms with Crippen LogP contribution in [-0.4, -0.2) is 48.2 Å². The highest BCUT2D eigenvalue weighted by atomic mass is 127. The Morgan fingerprint density at radius 3 is 2.62 bits per heavy atom. The van der Waals surface area contributed by atoms with Crippen LogP contribution in [0.25, 0.3) is 0 Å². The minimum atomic E-state index is -0.428. The number of benzene rings is 1. The van der Waals surface area contributed by atoms with Gasteiger partial charge in [0.05, 0.1) is 12.6 Å². The molecule has 0 saturated carbocycles. The zero-order valence-corrected chi connectivity index (χ0v) is 20.5. The monoisotopic (exact) mass is 528 g/mol. The van der Waals surface area contributed by atoms with Gasteiger partial charge in [0.25, 0.3) is 0 Å². The first-order valence-corrected chi connectivity index (χ1v) is 11.1. The number of guanidine groups is 1. The van der Waals surface area contributed by atoms with Crippen molar-refractivity contribution in [2.24, 2.45) is 4.99 Å². The number of aliphatic hydroxyl groups excluding tert-OH is 1. The Labute approximate surface area is 195 Å². The van der Waals surface area contributed by atoms with Crippen molar-refractivity contribution in [2.45, 2.75) is 45.9 Å². The van der Waals surface area contributed by atoms with Gasteiger partial charge in [-0.05, 0) is 43.0 Å². The summed E-state index contributed by atoms with van der Waals surface area (Å²) in [7, 11) is 0. The fourth-order valence-electron chi connectivity index (χ4n) is 3.48. The van der Waals surface area contributed by atoms with Crippen LogP contribution in [0.1, 0.15) is 34.7 Å². The fraction of sp³-hybridized carbons (Fsp3) is 0.500. The molecule has 3 rings (SSSR count). The molecule has 0 spiro atoms. The van der Waals surface area contributed by atoms with Crippen LogP contribution in [0.15, 0.2) is 41.4 Å². The number of halogens is 1. The lowest BCUT2D eigenvalue weighted by molar-refractivity contribution is 0.108.